The summed E-state index contributed by atoms with van der Waals surface area (Å²) in [4.78, 5) is 0. The molecular formula is C7H17NO3. The zero-order chi connectivity index (χ0) is 8.85. The van der Waals surface area contributed by atoms with Crippen LogP contribution in [0.25, 0.3) is 0 Å². The average Bonchev–Trinajstić information content (AvgIpc) is 2.02. The van der Waals surface area contributed by atoms with Crippen LogP contribution < -0.4 is 5.32 Å². The molecule has 1 unspecified atom stereocenters. The smallest absolute Gasteiger partial charge is 0.213 e. The number of ether oxygens (including phenoxy) is 2. The lowest BCUT2D eigenvalue weighted by atomic mass is 10.2. The predicted molar refractivity (Wildman–Crippen MR) is 42.1 cm³/mol. The zero-order valence-corrected chi connectivity index (χ0v) is 7.50. The Kier molecular flexibility index (Phi) is 5.41. The second-order valence-corrected chi connectivity index (χ2v) is 2.48. The highest BCUT2D eigenvalue weighted by Crippen LogP contribution is 1.96. The van der Waals surface area contributed by atoms with E-state index in [1.54, 1.807) is 7.11 Å². The Bertz CT molecular complexity index is 99.7. The van der Waals surface area contributed by atoms with Gasteiger partial charge >= 0.3 is 0 Å². The van der Waals surface area contributed by atoms with Crippen LogP contribution in [0.5, 0.6) is 0 Å². The maximum atomic E-state index is 8.98. The molecule has 0 aliphatic rings. The molecule has 11 heavy (non-hydrogen) atoms. The van der Waals surface area contributed by atoms with Gasteiger partial charge in [0, 0.05) is 20.3 Å². The van der Waals surface area contributed by atoms with Crippen LogP contribution in [-0.2, 0) is 9.47 Å². The highest BCUT2D eigenvalue weighted by atomic mass is 16.6. The van der Waals surface area contributed by atoms with Crippen LogP contribution in [-0.4, -0.2) is 37.9 Å². The molecule has 0 spiro atoms. The van der Waals surface area contributed by atoms with Crippen LogP contribution in [0.15, 0.2) is 0 Å². The van der Waals surface area contributed by atoms with Gasteiger partial charge in [0.05, 0.1) is 6.10 Å². The molecule has 0 bridgehead atoms. The summed E-state index contributed by atoms with van der Waals surface area (Å²) in [5.41, 5.74) is 0. The van der Waals surface area contributed by atoms with E-state index in [-0.39, 0.29) is 12.1 Å². The van der Waals surface area contributed by atoms with Crippen molar-refractivity contribution in [2.24, 2.45) is 0 Å². The van der Waals surface area contributed by atoms with Crippen LogP contribution in [0.1, 0.15) is 13.8 Å². The van der Waals surface area contributed by atoms with E-state index < -0.39 is 6.41 Å². The van der Waals surface area contributed by atoms with Crippen molar-refractivity contribution < 1.29 is 14.6 Å². The molecule has 0 amide bonds. The Morgan fingerprint density at radius 3 is 2.09 bits per heavy atom. The quantitative estimate of drug-likeness (QED) is 0.557. The number of methoxy groups -OCH3 is 2. The first-order chi connectivity index (χ1) is 5.11. The topological polar surface area (TPSA) is 50.7 Å². The third-order valence-electron chi connectivity index (χ3n) is 1.70. The highest BCUT2D eigenvalue weighted by molar-refractivity contribution is 4.66. The van der Waals surface area contributed by atoms with Crippen molar-refractivity contribution >= 4 is 0 Å². The van der Waals surface area contributed by atoms with Crippen molar-refractivity contribution in [1.29, 1.82) is 0 Å². The zero-order valence-electron chi connectivity index (χ0n) is 7.50. The Morgan fingerprint density at radius 2 is 1.73 bits per heavy atom. The van der Waals surface area contributed by atoms with E-state index in [9.17, 15) is 0 Å². The van der Waals surface area contributed by atoms with Gasteiger partial charge in [-0.1, -0.05) is 0 Å². The molecule has 0 radical (unpaired) electrons. The molecule has 0 aliphatic heterocycles. The minimum absolute atomic E-state index is 0.0554. The maximum Gasteiger partial charge on any atom is 0.213 e. The molecule has 0 saturated heterocycles. The molecule has 0 rings (SSSR count). The number of hydrogen-bond acceptors (Lipinski definition) is 4. The number of aliphatic hydroxyl groups is 1. The van der Waals surface area contributed by atoms with Crippen molar-refractivity contribution in [2.75, 3.05) is 14.2 Å². The van der Waals surface area contributed by atoms with E-state index >= 15 is 0 Å². The van der Waals surface area contributed by atoms with Gasteiger partial charge in [0.1, 0.15) is 0 Å². The molecule has 0 heterocycles. The minimum atomic E-state index is -0.914. The number of aliphatic hydroxyl groups excluding tert-OH is 1. The third-order valence-corrected chi connectivity index (χ3v) is 1.70. The molecule has 2 N–H and O–H groups in total. The molecule has 68 valence electrons. The summed E-state index contributed by atoms with van der Waals surface area (Å²) in [7, 11) is 3.06. The molecule has 0 aromatic carbocycles. The van der Waals surface area contributed by atoms with Crippen molar-refractivity contribution in [1.82, 2.24) is 5.32 Å². The first-order valence-electron chi connectivity index (χ1n) is 3.61. The summed E-state index contributed by atoms with van der Waals surface area (Å²) in [5.74, 6) is 0. The maximum absolute atomic E-state index is 8.98. The standard InChI is InChI=1S/C7H17NO3/c1-5(6(2)10-3)8-7(9)11-4/h5-9H,1-4H3/t5-,6-,7?/m1/s1. The van der Waals surface area contributed by atoms with Crippen molar-refractivity contribution in [3.8, 4) is 0 Å². The predicted octanol–water partition coefficient (Wildman–Crippen LogP) is -0.0783. The van der Waals surface area contributed by atoms with Crippen LogP contribution >= 0.6 is 0 Å². The second-order valence-electron chi connectivity index (χ2n) is 2.48. The summed E-state index contributed by atoms with van der Waals surface area (Å²) in [6.07, 6.45) is -0.859. The van der Waals surface area contributed by atoms with Crippen LogP contribution in [0.2, 0.25) is 0 Å². The van der Waals surface area contributed by atoms with Crippen molar-refractivity contribution in [3.63, 3.8) is 0 Å². The van der Waals surface area contributed by atoms with E-state index in [1.165, 1.54) is 7.11 Å². The number of nitrogens with one attached hydrogen (secondary N) is 1. The molecule has 0 saturated carbocycles. The molecular weight excluding hydrogens is 146 g/mol. The van der Waals surface area contributed by atoms with E-state index in [0.717, 1.165) is 0 Å². The molecule has 0 fully saturated rings. The summed E-state index contributed by atoms with van der Waals surface area (Å²) in [6.45, 7) is 3.83. The highest BCUT2D eigenvalue weighted by Gasteiger charge is 2.13. The van der Waals surface area contributed by atoms with Crippen LogP contribution in [0, 0.1) is 0 Å². The molecule has 0 aliphatic carbocycles. The van der Waals surface area contributed by atoms with E-state index in [1.807, 2.05) is 13.8 Å². The molecule has 0 aromatic heterocycles. The normalized spacial score (nSPS) is 19.4. The fraction of sp³-hybridized carbons (Fsp3) is 1.00. The lowest BCUT2D eigenvalue weighted by Crippen LogP contribution is -2.43. The summed E-state index contributed by atoms with van der Waals surface area (Å²) < 4.78 is 9.63. The Morgan fingerprint density at radius 1 is 1.18 bits per heavy atom. The Labute approximate surface area is 67.5 Å². The van der Waals surface area contributed by atoms with Gasteiger partial charge in [-0.25, -0.2) is 0 Å². The SMILES string of the molecule is COC(O)N[C@H](C)[C@@H](C)OC. The first-order valence-corrected chi connectivity index (χ1v) is 3.61. The lowest BCUT2D eigenvalue weighted by molar-refractivity contribution is -0.110. The van der Waals surface area contributed by atoms with Gasteiger partial charge in [-0.2, -0.15) is 0 Å². The monoisotopic (exact) mass is 163 g/mol. The minimum Gasteiger partial charge on any atom is -0.380 e. The largest absolute Gasteiger partial charge is 0.380 e. The number of rotatable bonds is 5. The van der Waals surface area contributed by atoms with Crippen molar-refractivity contribution in [2.45, 2.75) is 32.4 Å². The molecule has 3 atom stereocenters. The first kappa shape index (κ1) is 10.8. The summed E-state index contributed by atoms with van der Waals surface area (Å²) in [5, 5.41) is 11.8. The van der Waals surface area contributed by atoms with E-state index in [4.69, 9.17) is 9.84 Å². The molecule has 4 heteroatoms. The van der Waals surface area contributed by atoms with Gasteiger partial charge in [-0.05, 0) is 13.8 Å². The van der Waals surface area contributed by atoms with Crippen molar-refractivity contribution in [3.05, 3.63) is 0 Å². The summed E-state index contributed by atoms with van der Waals surface area (Å²) >= 11 is 0. The molecule has 0 aromatic rings. The molecule has 4 nitrogen and oxygen atoms in total. The average molecular weight is 163 g/mol. The van der Waals surface area contributed by atoms with Gasteiger partial charge in [0.15, 0.2) is 0 Å². The Balaban J connectivity index is 3.58. The third kappa shape index (κ3) is 4.31. The fourth-order valence-corrected chi connectivity index (χ4v) is 0.633. The van der Waals surface area contributed by atoms with E-state index in [0.29, 0.717) is 0 Å². The van der Waals surface area contributed by atoms with Gasteiger partial charge in [-0.15, -0.1) is 0 Å². The van der Waals surface area contributed by atoms with Gasteiger partial charge in [0.25, 0.3) is 0 Å². The van der Waals surface area contributed by atoms with Crippen LogP contribution in [0.3, 0.4) is 0 Å². The van der Waals surface area contributed by atoms with E-state index in [2.05, 4.69) is 10.1 Å². The summed E-state index contributed by atoms with van der Waals surface area (Å²) in [6, 6.07) is 0.0648. The van der Waals surface area contributed by atoms with Gasteiger partial charge in [-0.3, -0.25) is 5.32 Å². The van der Waals surface area contributed by atoms with Gasteiger partial charge < -0.3 is 14.6 Å². The second kappa shape index (κ2) is 5.49. The fourth-order valence-electron chi connectivity index (χ4n) is 0.633. The number of hydrogen-bond donors (Lipinski definition) is 2. The van der Waals surface area contributed by atoms with Crippen LogP contribution in [0.4, 0.5) is 0 Å². The van der Waals surface area contributed by atoms with Gasteiger partial charge in [0.2, 0.25) is 6.41 Å². The lowest BCUT2D eigenvalue weighted by Gasteiger charge is -2.22. The Hall–Kier alpha value is -0.160.